The van der Waals surface area contributed by atoms with E-state index in [0.29, 0.717) is 19.6 Å². The molecule has 0 aliphatic carbocycles. The van der Waals surface area contributed by atoms with Crippen LogP contribution in [0, 0.1) is 6.92 Å². The number of hydrogen-bond acceptors (Lipinski definition) is 5. The minimum absolute atomic E-state index is 0.0102. The topological polar surface area (TPSA) is 102 Å². The Morgan fingerprint density at radius 1 is 1.48 bits per heavy atom. The molecule has 8 heteroatoms. The lowest BCUT2D eigenvalue weighted by Gasteiger charge is -2.27. The van der Waals surface area contributed by atoms with Crippen LogP contribution >= 0.6 is 0 Å². The average molecular weight is 343 g/mol. The summed E-state index contributed by atoms with van der Waals surface area (Å²) in [4.78, 5) is 11.1. The fraction of sp³-hybridized carbons (Fsp3) is 0.533. The van der Waals surface area contributed by atoms with Crippen molar-refractivity contribution in [3.63, 3.8) is 0 Å². The first kappa shape index (κ1) is 17.7. The van der Waals surface area contributed by atoms with Gasteiger partial charge in [0.05, 0.1) is 25.2 Å². The van der Waals surface area contributed by atoms with Gasteiger partial charge in [0, 0.05) is 6.61 Å². The van der Waals surface area contributed by atoms with Crippen molar-refractivity contribution in [1.29, 1.82) is 0 Å². The van der Waals surface area contributed by atoms with E-state index in [1.165, 1.54) is 6.07 Å². The summed E-state index contributed by atoms with van der Waals surface area (Å²) in [6, 6.07) is 4.87. The van der Waals surface area contributed by atoms with Gasteiger partial charge in [-0.05, 0) is 38.0 Å². The molecule has 1 aliphatic heterocycles. The van der Waals surface area contributed by atoms with E-state index in [2.05, 4.69) is 4.72 Å². The summed E-state index contributed by atoms with van der Waals surface area (Å²) in [5.74, 6) is -0.831. The average Bonchev–Trinajstić information content (AvgIpc) is 2.87. The highest BCUT2D eigenvalue weighted by Gasteiger charge is 2.41. The Bertz CT molecular complexity index is 679. The highest BCUT2D eigenvalue weighted by atomic mass is 32.2. The first-order chi connectivity index (χ1) is 10.8. The van der Waals surface area contributed by atoms with Crippen LogP contribution in [0.4, 0.5) is 0 Å². The molecule has 1 aromatic rings. The lowest BCUT2D eigenvalue weighted by Crippen LogP contribution is -2.50. The Labute approximate surface area is 135 Å². The van der Waals surface area contributed by atoms with Gasteiger partial charge in [0.2, 0.25) is 10.0 Å². The molecule has 1 fully saturated rings. The largest absolute Gasteiger partial charge is 0.492 e. The number of hydrogen-bond donors (Lipinski definition) is 2. The molecule has 23 heavy (non-hydrogen) atoms. The molecule has 0 spiro atoms. The Morgan fingerprint density at radius 3 is 2.78 bits per heavy atom. The summed E-state index contributed by atoms with van der Waals surface area (Å²) in [5, 5.41) is 9.07. The summed E-state index contributed by atoms with van der Waals surface area (Å²) >= 11 is 0. The van der Waals surface area contributed by atoms with Crippen molar-refractivity contribution in [2.75, 3.05) is 19.8 Å². The highest BCUT2D eigenvalue weighted by molar-refractivity contribution is 7.89. The molecule has 0 saturated carbocycles. The number of rotatable bonds is 7. The summed E-state index contributed by atoms with van der Waals surface area (Å²) in [6.45, 7) is 4.23. The van der Waals surface area contributed by atoms with Gasteiger partial charge in [0.15, 0.2) is 0 Å². The number of nitrogens with one attached hydrogen (secondary N) is 1. The van der Waals surface area contributed by atoms with Crippen molar-refractivity contribution in [3.8, 4) is 5.75 Å². The number of benzene rings is 1. The summed E-state index contributed by atoms with van der Waals surface area (Å²) in [5.41, 5.74) is -0.360. The zero-order chi connectivity index (χ0) is 17.1. The van der Waals surface area contributed by atoms with Gasteiger partial charge in [-0.25, -0.2) is 13.1 Å². The van der Waals surface area contributed by atoms with Gasteiger partial charge < -0.3 is 14.6 Å². The van der Waals surface area contributed by atoms with Crippen molar-refractivity contribution in [1.82, 2.24) is 4.72 Å². The van der Waals surface area contributed by atoms with Crippen molar-refractivity contribution in [2.24, 2.45) is 0 Å². The Hall–Kier alpha value is -1.64. The maximum absolute atomic E-state index is 12.8. The molecule has 128 valence electrons. The number of carbonyl (C=O) groups is 1. The van der Waals surface area contributed by atoms with Crippen LogP contribution in [-0.2, 0) is 19.6 Å². The molecule has 1 atom stereocenters. The summed E-state index contributed by atoms with van der Waals surface area (Å²) < 4.78 is 38.7. The van der Waals surface area contributed by atoms with E-state index in [4.69, 9.17) is 14.6 Å². The van der Waals surface area contributed by atoms with Crippen LogP contribution in [0.2, 0.25) is 0 Å². The molecule has 0 bridgehead atoms. The first-order valence-corrected chi connectivity index (χ1v) is 8.83. The van der Waals surface area contributed by atoms with Crippen molar-refractivity contribution in [3.05, 3.63) is 23.8 Å². The normalized spacial score (nSPS) is 21.3. The number of carboxylic acids is 1. The van der Waals surface area contributed by atoms with E-state index in [9.17, 15) is 13.2 Å². The Morgan fingerprint density at radius 2 is 2.22 bits per heavy atom. The second kappa shape index (κ2) is 6.86. The number of aliphatic carboxylic acids is 1. The second-order valence-electron chi connectivity index (χ2n) is 5.64. The quantitative estimate of drug-likeness (QED) is 0.774. The molecule has 1 saturated heterocycles. The third-order valence-electron chi connectivity index (χ3n) is 3.63. The molecule has 0 amide bonds. The van der Waals surface area contributed by atoms with Crippen LogP contribution in [0.1, 0.15) is 25.3 Å². The van der Waals surface area contributed by atoms with E-state index in [-0.39, 0.29) is 23.7 Å². The van der Waals surface area contributed by atoms with Crippen molar-refractivity contribution >= 4 is 16.0 Å². The standard InChI is InChI=1S/C15H21NO6S/c1-3-22-12-5-4-11(2)8-13(12)23(19,20)16-15(9-14(17)18)6-7-21-10-15/h4-5,8,16H,3,6-7,9-10H2,1-2H3,(H,17,18). The van der Waals surface area contributed by atoms with Crippen LogP contribution < -0.4 is 9.46 Å². The van der Waals surface area contributed by atoms with Gasteiger partial charge in [-0.15, -0.1) is 0 Å². The molecule has 1 heterocycles. The number of aryl methyl sites for hydroxylation is 1. The van der Waals surface area contributed by atoms with Crippen LogP contribution in [0.5, 0.6) is 5.75 Å². The van der Waals surface area contributed by atoms with Crippen LogP contribution in [0.3, 0.4) is 0 Å². The van der Waals surface area contributed by atoms with E-state index in [0.717, 1.165) is 5.56 Å². The minimum Gasteiger partial charge on any atom is -0.492 e. The Balaban J connectivity index is 2.37. The molecule has 0 aromatic heterocycles. The van der Waals surface area contributed by atoms with E-state index in [1.807, 2.05) is 0 Å². The van der Waals surface area contributed by atoms with E-state index in [1.54, 1.807) is 26.0 Å². The third kappa shape index (κ3) is 4.21. The third-order valence-corrected chi connectivity index (χ3v) is 5.23. The van der Waals surface area contributed by atoms with Crippen LogP contribution in [0.25, 0.3) is 0 Å². The molecule has 1 aliphatic rings. The zero-order valence-corrected chi connectivity index (χ0v) is 14.0. The molecule has 7 nitrogen and oxygen atoms in total. The van der Waals surface area contributed by atoms with E-state index < -0.39 is 21.5 Å². The molecule has 1 aromatic carbocycles. The van der Waals surface area contributed by atoms with Gasteiger partial charge in [0.25, 0.3) is 0 Å². The fourth-order valence-corrected chi connectivity index (χ4v) is 4.24. The smallest absolute Gasteiger partial charge is 0.305 e. The molecule has 1 unspecified atom stereocenters. The molecule has 2 N–H and O–H groups in total. The maximum atomic E-state index is 12.8. The van der Waals surface area contributed by atoms with Gasteiger partial charge in [-0.3, -0.25) is 4.79 Å². The molecule has 2 rings (SSSR count). The van der Waals surface area contributed by atoms with Gasteiger partial charge in [0.1, 0.15) is 10.6 Å². The second-order valence-corrected chi connectivity index (χ2v) is 7.29. The summed E-state index contributed by atoms with van der Waals surface area (Å²) in [7, 11) is -3.94. The van der Waals surface area contributed by atoms with E-state index >= 15 is 0 Å². The van der Waals surface area contributed by atoms with Crippen molar-refractivity contribution < 1.29 is 27.8 Å². The predicted octanol–water partition coefficient (Wildman–Crippen LogP) is 1.31. The van der Waals surface area contributed by atoms with Gasteiger partial charge in [-0.1, -0.05) is 6.07 Å². The lowest BCUT2D eigenvalue weighted by atomic mass is 9.96. The minimum atomic E-state index is -3.94. The molecular weight excluding hydrogens is 322 g/mol. The SMILES string of the molecule is CCOc1ccc(C)cc1S(=O)(=O)NC1(CC(=O)O)CCOC1. The number of sulfonamides is 1. The number of carboxylic acid groups (broad SMARTS) is 1. The molecular formula is C15H21NO6S. The van der Waals surface area contributed by atoms with Crippen LogP contribution in [0.15, 0.2) is 23.1 Å². The summed E-state index contributed by atoms with van der Waals surface area (Å²) in [6.07, 6.45) is -0.0175. The lowest BCUT2D eigenvalue weighted by molar-refractivity contribution is -0.138. The van der Waals surface area contributed by atoms with Gasteiger partial charge in [-0.2, -0.15) is 0 Å². The highest BCUT2D eigenvalue weighted by Crippen LogP contribution is 2.30. The fourth-order valence-electron chi connectivity index (χ4n) is 2.59. The van der Waals surface area contributed by atoms with Gasteiger partial charge >= 0.3 is 5.97 Å². The van der Waals surface area contributed by atoms with Crippen LogP contribution in [-0.4, -0.2) is 44.9 Å². The maximum Gasteiger partial charge on any atom is 0.305 e. The molecule has 0 radical (unpaired) electrons. The first-order valence-electron chi connectivity index (χ1n) is 7.35. The predicted molar refractivity (Wildman–Crippen MR) is 83.1 cm³/mol. The Kier molecular flexibility index (Phi) is 5.28. The van der Waals surface area contributed by atoms with Crippen molar-refractivity contribution in [2.45, 2.75) is 37.1 Å². The monoisotopic (exact) mass is 343 g/mol. The zero-order valence-electron chi connectivity index (χ0n) is 13.2. The number of ether oxygens (including phenoxy) is 2.